The summed E-state index contributed by atoms with van der Waals surface area (Å²) in [6.07, 6.45) is 14.5. The average Bonchev–Trinajstić information content (AvgIpc) is 3.31. The van der Waals surface area contributed by atoms with Crippen LogP contribution in [0.2, 0.25) is 0 Å². The maximum atomic E-state index is 13.2. The fourth-order valence-corrected chi connectivity index (χ4v) is 12.5. The van der Waals surface area contributed by atoms with Crippen LogP contribution in [0, 0.1) is 63.6 Å². The van der Waals surface area contributed by atoms with Crippen LogP contribution in [-0.2, 0) is 4.79 Å². The zero-order valence-corrected chi connectivity index (χ0v) is 26.5. The number of hydrogen-bond donors (Lipinski definition) is 2. The molecule has 0 bridgehead atoms. The van der Waals surface area contributed by atoms with Crippen molar-refractivity contribution in [3.8, 4) is 0 Å². The molecule has 5 aliphatic carbocycles. The summed E-state index contributed by atoms with van der Waals surface area (Å²) in [4.78, 5) is 13.2. The molecule has 0 heterocycles. The fourth-order valence-electron chi connectivity index (χ4n) is 12.5. The van der Waals surface area contributed by atoms with Crippen molar-refractivity contribution in [1.82, 2.24) is 0 Å². The van der Waals surface area contributed by atoms with E-state index in [0.717, 1.165) is 50.5 Å². The predicted molar refractivity (Wildman–Crippen MR) is 167 cm³/mol. The Hall–Kier alpha value is -1.87. The Kier molecular flexibility index (Phi) is 6.82. The Balaban J connectivity index is 1.35. The Morgan fingerprint density at radius 3 is 2.37 bits per heavy atom. The summed E-state index contributed by atoms with van der Waals surface area (Å²) in [6, 6.07) is 8.55. The van der Waals surface area contributed by atoms with Gasteiger partial charge in [-0.2, -0.15) is 0 Å². The van der Waals surface area contributed by atoms with Gasteiger partial charge in [0.05, 0.1) is 11.5 Å². The van der Waals surface area contributed by atoms with Gasteiger partial charge in [0.15, 0.2) is 0 Å². The van der Waals surface area contributed by atoms with Crippen molar-refractivity contribution in [3.63, 3.8) is 0 Å². The van der Waals surface area contributed by atoms with Gasteiger partial charge in [-0.1, -0.05) is 88.8 Å². The monoisotopic (exact) mass is 558 g/mol. The molecule has 6 rings (SSSR count). The van der Waals surface area contributed by atoms with Crippen LogP contribution in [-0.4, -0.2) is 22.3 Å². The van der Waals surface area contributed by atoms with Crippen molar-refractivity contribution in [2.75, 3.05) is 0 Å². The van der Waals surface area contributed by atoms with Gasteiger partial charge in [0.25, 0.3) is 0 Å². The van der Waals surface area contributed by atoms with Gasteiger partial charge in [-0.05, 0) is 128 Å². The van der Waals surface area contributed by atoms with Crippen LogP contribution in [0.4, 0.5) is 0 Å². The number of aryl methyl sites for hydroxylation is 1. The van der Waals surface area contributed by atoms with Gasteiger partial charge in [-0.3, -0.25) is 4.79 Å². The SMILES string of the molecule is C=C(/C=C/c1cccc(C)c1)[C@@H]1CC[C@]2(C(=O)O)CC[C@]3(C)[C@H](CC[C@@H]4[C@@]5(C)CC[C@H](O)C(C)(C)[C@@H]5CC[C@]43C)[C@@H]12. The largest absolute Gasteiger partial charge is 0.481 e. The first-order chi connectivity index (χ1) is 19.2. The topological polar surface area (TPSA) is 57.5 Å². The number of hydrogen-bond acceptors (Lipinski definition) is 2. The van der Waals surface area contributed by atoms with Crippen LogP contribution in [0.5, 0.6) is 0 Å². The molecule has 0 saturated heterocycles. The summed E-state index contributed by atoms with van der Waals surface area (Å²) >= 11 is 0. The molecule has 3 heteroatoms. The molecule has 1 aromatic rings. The van der Waals surface area contributed by atoms with E-state index in [0.29, 0.717) is 17.8 Å². The molecule has 1 aromatic carbocycles. The van der Waals surface area contributed by atoms with Crippen molar-refractivity contribution >= 4 is 12.0 Å². The van der Waals surface area contributed by atoms with Crippen molar-refractivity contribution in [3.05, 3.63) is 53.6 Å². The highest BCUT2D eigenvalue weighted by Crippen LogP contribution is 2.77. The Morgan fingerprint density at radius 2 is 1.66 bits per heavy atom. The minimum atomic E-state index is -0.615. The molecule has 0 unspecified atom stereocenters. The van der Waals surface area contributed by atoms with Crippen molar-refractivity contribution in [1.29, 1.82) is 0 Å². The van der Waals surface area contributed by atoms with E-state index in [-0.39, 0.29) is 39.6 Å². The Morgan fingerprint density at radius 1 is 0.902 bits per heavy atom. The van der Waals surface area contributed by atoms with Gasteiger partial charge in [0, 0.05) is 0 Å². The van der Waals surface area contributed by atoms with E-state index in [1.165, 1.54) is 30.4 Å². The predicted octanol–water partition coefficient (Wildman–Crippen LogP) is 9.09. The summed E-state index contributed by atoms with van der Waals surface area (Å²) in [5.41, 5.74) is 3.43. The number of allylic oxidation sites excluding steroid dienone is 2. The first kappa shape index (κ1) is 29.2. The minimum absolute atomic E-state index is 0.0466. The number of benzene rings is 1. The Labute approximate surface area is 248 Å². The molecule has 5 aliphatic rings. The van der Waals surface area contributed by atoms with Gasteiger partial charge in [0.1, 0.15) is 0 Å². The second kappa shape index (κ2) is 9.57. The second-order valence-electron chi connectivity index (χ2n) is 16.5. The van der Waals surface area contributed by atoms with E-state index >= 15 is 0 Å². The van der Waals surface area contributed by atoms with Crippen LogP contribution >= 0.6 is 0 Å². The van der Waals surface area contributed by atoms with Gasteiger partial charge in [0.2, 0.25) is 0 Å². The lowest BCUT2D eigenvalue weighted by atomic mass is 9.32. The first-order valence-corrected chi connectivity index (χ1v) is 16.6. The summed E-state index contributed by atoms with van der Waals surface area (Å²) in [5, 5.41) is 21.8. The maximum Gasteiger partial charge on any atom is 0.309 e. The van der Waals surface area contributed by atoms with Crippen LogP contribution in [0.1, 0.15) is 110 Å². The normalized spacial score (nSPS) is 46.7. The zero-order valence-electron chi connectivity index (χ0n) is 26.5. The van der Waals surface area contributed by atoms with Gasteiger partial charge in [-0.15, -0.1) is 0 Å². The summed E-state index contributed by atoms with van der Waals surface area (Å²) < 4.78 is 0. The average molecular weight is 559 g/mol. The molecule has 224 valence electrons. The fraction of sp³-hybridized carbons (Fsp3) is 0.711. The molecule has 2 N–H and O–H groups in total. The quantitative estimate of drug-likeness (QED) is 0.362. The number of aliphatic hydroxyl groups excluding tert-OH is 1. The third kappa shape index (κ3) is 3.96. The third-order valence-electron chi connectivity index (χ3n) is 14.8. The minimum Gasteiger partial charge on any atom is -0.481 e. The molecule has 5 saturated carbocycles. The first-order valence-electron chi connectivity index (χ1n) is 16.6. The highest BCUT2D eigenvalue weighted by atomic mass is 16.4. The Bertz CT molecular complexity index is 1260. The molecule has 3 nitrogen and oxygen atoms in total. The number of carboxylic acids is 1. The van der Waals surface area contributed by atoms with Crippen LogP contribution in [0.15, 0.2) is 42.5 Å². The van der Waals surface area contributed by atoms with Crippen LogP contribution < -0.4 is 0 Å². The van der Waals surface area contributed by atoms with Crippen LogP contribution in [0.25, 0.3) is 6.08 Å². The van der Waals surface area contributed by atoms with E-state index in [1.807, 2.05) is 0 Å². The van der Waals surface area contributed by atoms with Crippen molar-refractivity contribution < 1.29 is 15.0 Å². The molecule has 0 amide bonds. The van der Waals surface area contributed by atoms with Gasteiger partial charge in [-0.25, -0.2) is 0 Å². The lowest BCUT2D eigenvalue weighted by molar-refractivity contribution is -0.248. The molecule has 0 aliphatic heterocycles. The lowest BCUT2D eigenvalue weighted by Gasteiger charge is -2.72. The number of aliphatic hydroxyl groups is 1. The second-order valence-corrected chi connectivity index (χ2v) is 16.5. The molecule has 10 atom stereocenters. The van der Waals surface area contributed by atoms with E-state index < -0.39 is 11.4 Å². The van der Waals surface area contributed by atoms with Gasteiger partial charge >= 0.3 is 5.97 Å². The molecular weight excluding hydrogens is 504 g/mol. The molecule has 5 fully saturated rings. The van der Waals surface area contributed by atoms with E-state index in [9.17, 15) is 15.0 Å². The van der Waals surface area contributed by atoms with E-state index in [2.05, 4.69) is 84.5 Å². The highest BCUT2D eigenvalue weighted by molar-refractivity contribution is 5.76. The molecule has 0 radical (unpaired) electrons. The number of aliphatic carboxylic acids is 1. The number of rotatable bonds is 4. The zero-order chi connectivity index (χ0) is 29.6. The highest BCUT2D eigenvalue weighted by Gasteiger charge is 2.72. The van der Waals surface area contributed by atoms with Crippen molar-refractivity contribution in [2.45, 2.75) is 112 Å². The summed E-state index contributed by atoms with van der Waals surface area (Å²) in [6.45, 7) is 19.1. The summed E-state index contributed by atoms with van der Waals surface area (Å²) in [7, 11) is 0. The van der Waals surface area contributed by atoms with E-state index in [1.54, 1.807) is 0 Å². The third-order valence-corrected chi connectivity index (χ3v) is 14.8. The van der Waals surface area contributed by atoms with Crippen molar-refractivity contribution in [2.24, 2.45) is 56.7 Å². The molecule has 0 aromatic heterocycles. The smallest absolute Gasteiger partial charge is 0.309 e. The van der Waals surface area contributed by atoms with E-state index in [4.69, 9.17) is 0 Å². The number of carboxylic acid groups (broad SMARTS) is 1. The molecule has 0 spiro atoms. The molecule has 41 heavy (non-hydrogen) atoms. The number of fused-ring (bicyclic) bond motifs is 7. The summed E-state index contributed by atoms with van der Waals surface area (Å²) in [5.74, 6) is 1.41. The number of carbonyl (C=O) groups is 1. The van der Waals surface area contributed by atoms with Gasteiger partial charge < -0.3 is 10.2 Å². The lowest BCUT2D eigenvalue weighted by Crippen LogP contribution is -2.67. The molecular formula is C38H54O3. The standard InChI is InChI=1S/C38H54O3/c1-24-9-8-10-26(23-24)12-11-25(2)27-15-20-38(33(40)41)22-21-36(6)28(32(27)38)13-14-30-35(5)18-17-31(39)34(3,4)29(35)16-19-37(30,36)7/h8-12,23,27-32,39H,2,13-22H2,1,3-7H3,(H,40,41)/b12-11+/t27-,28+,29-,30+,31-,32+,35-,36+,37+,38-/m0/s1. The maximum absolute atomic E-state index is 13.2. The van der Waals surface area contributed by atoms with Crippen LogP contribution in [0.3, 0.4) is 0 Å².